The van der Waals surface area contributed by atoms with Crippen LogP contribution < -0.4 is 5.11 Å². The molecule has 0 amide bonds. The van der Waals surface area contributed by atoms with Gasteiger partial charge in [-0.2, -0.15) is 0 Å². The van der Waals surface area contributed by atoms with E-state index in [1.165, 1.54) is 24.3 Å². The van der Waals surface area contributed by atoms with Crippen LogP contribution in [0, 0.1) is 5.39 Å². The van der Waals surface area contributed by atoms with Crippen LogP contribution in [0.2, 0.25) is 0 Å². The second-order valence-corrected chi connectivity index (χ2v) is 5.84. The quantitative estimate of drug-likeness (QED) is 0.587. The van der Waals surface area contributed by atoms with Crippen molar-refractivity contribution in [3.8, 4) is 5.75 Å². The molecule has 0 saturated heterocycles. The number of benzene rings is 2. The third-order valence-electron chi connectivity index (χ3n) is 2.31. The number of hydrogen-bond acceptors (Lipinski definition) is 4. The zero-order valence-corrected chi connectivity index (χ0v) is 9.86. The number of fused-ring (bicyclic) bond motifs is 1. The molecule has 0 aliphatic rings. The lowest BCUT2D eigenvalue weighted by Crippen LogP contribution is -1.97. The highest BCUT2D eigenvalue weighted by molar-refractivity contribution is 8.14. The number of halogens is 1. The Hall–Kier alpha value is -1.84. The molecule has 0 bridgehead atoms. The van der Waals surface area contributed by atoms with E-state index in [0.29, 0.717) is 5.39 Å². The summed E-state index contributed by atoms with van der Waals surface area (Å²) in [5.41, 5.74) is -0.231. The smallest absolute Gasteiger partial charge is 0.378 e. The molecule has 17 heavy (non-hydrogen) atoms. The number of diazo groups is 1. The van der Waals surface area contributed by atoms with Crippen molar-refractivity contribution in [1.29, 1.82) is 5.39 Å². The average Bonchev–Trinajstić information content (AvgIpc) is 2.28. The molecule has 5 nitrogen and oxygen atoms in total. The second-order valence-electron chi connectivity index (χ2n) is 3.31. The Bertz CT molecular complexity index is 750. The van der Waals surface area contributed by atoms with Gasteiger partial charge in [-0.05, 0) is 23.3 Å². The Balaban J connectivity index is 3.03. The van der Waals surface area contributed by atoms with Gasteiger partial charge in [-0.3, -0.25) is 0 Å². The third kappa shape index (κ3) is 1.90. The van der Waals surface area contributed by atoms with Crippen LogP contribution in [0.15, 0.2) is 35.2 Å². The normalized spacial score (nSPS) is 11.3. The van der Waals surface area contributed by atoms with Gasteiger partial charge in [0, 0.05) is 22.1 Å². The first kappa shape index (κ1) is 11.6. The van der Waals surface area contributed by atoms with E-state index in [0.717, 1.165) is 0 Å². The van der Waals surface area contributed by atoms with Gasteiger partial charge in [0.15, 0.2) is 4.98 Å². The first-order chi connectivity index (χ1) is 7.95. The molecule has 2 rings (SSSR count). The Kier molecular flexibility index (Phi) is 2.65. The van der Waals surface area contributed by atoms with Crippen LogP contribution in [0.4, 0.5) is 5.69 Å². The standard InChI is InChI=1S/C10H5ClN2O3S/c11-17(15,16)8-3-1-2-6-4-5-7(13-12)10(14)9(6)8/h1-5H. The minimum absolute atomic E-state index is 0.0715. The molecule has 0 aliphatic carbocycles. The molecule has 0 aromatic heterocycles. The molecule has 0 radical (unpaired) electrons. The molecule has 0 fully saturated rings. The summed E-state index contributed by atoms with van der Waals surface area (Å²) in [4.78, 5) is 2.51. The Morgan fingerprint density at radius 1 is 1.24 bits per heavy atom. The highest BCUT2D eigenvalue weighted by atomic mass is 35.7. The molecule has 0 spiro atoms. The summed E-state index contributed by atoms with van der Waals surface area (Å²) in [7, 11) is 1.22. The summed E-state index contributed by atoms with van der Waals surface area (Å²) >= 11 is 0. The molecule has 0 aliphatic heterocycles. The van der Waals surface area contributed by atoms with Gasteiger partial charge < -0.3 is 5.11 Å². The minimum atomic E-state index is -4.03. The van der Waals surface area contributed by atoms with Crippen LogP contribution in [0.5, 0.6) is 5.75 Å². The number of nitrogens with zero attached hydrogens (tertiary/aromatic N) is 2. The van der Waals surface area contributed by atoms with E-state index >= 15 is 0 Å². The van der Waals surface area contributed by atoms with Crippen LogP contribution >= 0.6 is 10.7 Å². The summed E-state index contributed by atoms with van der Waals surface area (Å²) in [5, 5.41) is 20.8. The van der Waals surface area contributed by atoms with Crippen LogP contribution in [-0.4, -0.2) is 8.42 Å². The molecule has 2 aromatic carbocycles. The van der Waals surface area contributed by atoms with Crippen LogP contribution in [-0.2, 0) is 9.05 Å². The van der Waals surface area contributed by atoms with Crippen molar-refractivity contribution in [2.45, 2.75) is 4.90 Å². The molecule has 0 saturated carbocycles. The maximum atomic E-state index is 11.9. The summed E-state index contributed by atoms with van der Waals surface area (Å²) in [6.45, 7) is 0. The first-order valence-corrected chi connectivity index (χ1v) is 6.78. The molecular formula is C10H5ClN2O3S. The van der Waals surface area contributed by atoms with Crippen LogP contribution in [0.25, 0.3) is 15.7 Å². The molecular weight excluding hydrogens is 264 g/mol. The van der Waals surface area contributed by atoms with E-state index in [-0.39, 0.29) is 16.0 Å². The molecule has 0 unspecified atom stereocenters. The number of hydrogen-bond donors (Lipinski definition) is 0. The zero-order chi connectivity index (χ0) is 12.6. The fourth-order valence-electron chi connectivity index (χ4n) is 1.58. The topological polar surface area (TPSA) is 85.3 Å². The van der Waals surface area contributed by atoms with Crippen molar-refractivity contribution in [2.75, 3.05) is 0 Å². The predicted molar refractivity (Wildman–Crippen MR) is 61.2 cm³/mol. The molecule has 2 aromatic rings. The third-order valence-corrected chi connectivity index (χ3v) is 3.67. The summed E-state index contributed by atoms with van der Waals surface area (Å²) in [6.07, 6.45) is 0. The monoisotopic (exact) mass is 268 g/mol. The van der Waals surface area contributed by atoms with Crippen molar-refractivity contribution in [1.82, 2.24) is 0 Å². The van der Waals surface area contributed by atoms with Gasteiger partial charge in [0.2, 0.25) is 5.39 Å². The van der Waals surface area contributed by atoms with Crippen molar-refractivity contribution < 1.29 is 13.5 Å². The van der Waals surface area contributed by atoms with Gasteiger partial charge >= 0.3 is 5.69 Å². The Morgan fingerprint density at radius 2 is 1.94 bits per heavy atom. The predicted octanol–water partition coefficient (Wildman–Crippen LogP) is 2.33. The molecule has 0 heterocycles. The maximum Gasteiger partial charge on any atom is 0.378 e. The largest absolute Gasteiger partial charge is 0.867 e. The van der Waals surface area contributed by atoms with Crippen LogP contribution in [0.1, 0.15) is 0 Å². The first-order valence-electron chi connectivity index (χ1n) is 4.47. The fourth-order valence-corrected chi connectivity index (χ4v) is 2.67. The highest BCUT2D eigenvalue weighted by Gasteiger charge is 2.18. The Morgan fingerprint density at radius 3 is 2.53 bits per heavy atom. The lowest BCUT2D eigenvalue weighted by Gasteiger charge is -2.10. The fraction of sp³-hybridized carbons (Fsp3) is 0. The minimum Gasteiger partial charge on any atom is -0.867 e. The summed E-state index contributed by atoms with van der Waals surface area (Å²) in [6, 6.07) is 7.07. The van der Waals surface area contributed by atoms with Gasteiger partial charge in [0.1, 0.15) is 0 Å². The van der Waals surface area contributed by atoms with E-state index in [9.17, 15) is 13.5 Å². The lowest BCUT2D eigenvalue weighted by molar-refractivity contribution is -0.264. The second kappa shape index (κ2) is 3.87. The molecule has 0 atom stereocenters. The van der Waals surface area contributed by atoms with E-state index in [4.69, 9.17) is 16.1 Å². The molecule has 86 valence electrons. The maximum absolute atomic E-state index is 11.9. The Labute approximate surface area is 101 Å². The van der Waals surface area contributed by atoms with Gasteiger partial charge in [0.25, 0.3) is 9.05 Å². The van der Waals surface area contributed by atoms with Crippen molar-refractivity contribution in [3.63, 3.8) is 0 Å². The molecule has 7 heteroatoms. The summed E-state index contributed by atoms with van der Waals surface area (Å²) < 4.78 is 22.7. The lowest BCUT2D eigenvalue weighted by atomic mass is 10.1. The SMILES string of the molecule is N#[N+]c1ccc2cccc(S(=O)(=O)Cl)c2c1[O-]. The van der Waals surface area contributed by atoms with Gasteiger partial charge in [0.05, 0.1) is 4.90 Å². The average molecular weight is 269 g/mol. The van der Waals surface area contributed by atoms with E-state index in [1.807, 2.05) is 0 Å². The van der Waals surface area contributed by atoms with E-state index < -0.39 is 14.8 Å². The van der Waals surface area contributed by atoms with E-state index in [1.54, 1.807) is 6.07 Å². The van der Waals surface area contributed by atoms with Gasteiger partial charge in [-0.1, -0.05) is 12.1 Å². The molecule has 0 N–H and O–H groups in total. The van der Waals surface area contributed by atoms with E-state index in [2.05, 4.69) is 4.98 Å². The van der Waals surface area contributed by atoms with Gasteiger partial charge in [-0.15, -0.1) is 0 Å². The summed E-state index contributed by atoms with van der Waals surface area (Å²) in [5.74, 6) is -0.676. The zero-order valence-electron chi connectivity index (χ0n) is 8.29. The van der Waals surface area contributed by atoms with Crippen LogP contribution in [0.3, 0.4) is 0 Å². The van der Waals surface area contributed by atoms with Gasteiger partial charge in [-0.25, -0.2) is 8.42 Å². The van der Waals surface area contributed by atoms with Crippen molar-refractivity contribution in [3.05, 3.63) is 35.3 Å². The number of rotatable bonds is 1. The van der Waals surface area contributed by atoms with Crippen molar-refractivity contribution in [2.24, 2.45) is 0 Å². The van der Waals surface area contributed by atoms with Crippen molar-refractivity contribution >= 4 is 36.2 Å². The highest BCUT2D eigenvalue weighted by Crippen LogP contribution is 2.37.